The largest absolute Gasteiger partial charge is 0.466 e. The number of carbonyl (C=O) groups is 2. The van der Waals surface area contributed by atoms with E-state index in [1.807, 2.05) is 6.08 Å². The SMILES string of the molecule is CCCCC/C=C\C/C=C\CCCCCCCCCC(=O)OCCCCCCCCCCCCCCCCCCCCCCCCCCCCCCCCCC(=O)NC(CO)C(O)/C=C/CCCCCCCCCCCCCCCC. The van der Waals surface area contributed by atoms with Crippen molar-refractivity contribution in [2.45, 2.75) is 418 Å². The van der Waals surface area contributed by atoms with E-state index in [0.717, 1.165) is 51.4 Å². The normalized spacial score (nSPS) is 12.7. The highest BCUT2D eigenvalue weighted by atomic mass is 16.5. The van der Waals surface area contributed by atoms with Crippen LogP contribution in [-0.4, -0.2) is 47.4 Å². The minimum atomic E-state index is -0.842. The highest BCUT2D eigenvalue weighted by Gasteiger charge is 2.18. The number of hydrogen-bond acceptors (Lipinski definition) is 5. The van der Waals surface area contributed by atoms with Gasteiger partial charge in [-0.15, -0.1) is 0 Å². The Morgan fingerprint density at radius 2 is 0.617 bits per heavy atom. The molecular weight excluding hydrogens is 995 g/mol. The van der Waals surface area contributed by atoms with E-state index in [2.05, 4.69) is 43.5 Å². The maximum Gasteiger partial charge on any atom is 0.305 e. The van der Waals surface area contributed by atoms with Crippen molar-refractivity contribution in [1.82, 2.24) is 5.32 Å². The monoisotopic (exact) mass is 1140 g/mol. The van der Waals surface area contributed by atoms with Crippen LogP contribution >= 0.6 is 0 Å². The summed E-state index contributed by atoms with van der Waals surface area (Å²) in [7, 11) is 0. The maximum atomic E-state index is 12.5. The average Bonchev–Trinajstić information content (AvgIpc) is 3.47. The molecule has 0 heterocycles. The van der Waals surface area contributed by atoms with Gasteiger partial charge in [0.2, 0.25) is 5.91 Å². The number of rotatable bonds is 69. The molecular formula is C75H143NO5. The number of unbranched alkanes of at least 4 members (excludes halogenated alkanes) is 54. The van der Waals surface area contributed by atoms with E-state index < -0.39 is 12.1 Å². The Morgan fingerprint density at radius 3 is 0.963 bits per heavy atom. The lowest BCUT2D eigenvalue weighted by Gasteiger charge is -2.20. The summed E-state index contributed by atoms with van der Waals surface area (Å²) in [4.78, 5) is 24.6. The summed E-state index contributed by atoms with van der Waals surface area (Å²) < 4.78 is 5.50. The maximum absolute atomic E-state index is 12.5. The number of nitrogens with one attached hydrogen (secondary N) is 1. The van der Waals surface area contributed by atoms with Gasteiger partial charge >= 0.3 is 5.97 Å². The van der Waals surface area contributed by atoms with E-state index in [-0.39, 0.29) is 18.5 Å². The van der Waals surface area contributed by atoms with Crippen LogP contribution in [0, 0.1) is 0 Å². The summed E-state index contributed by atoms with van der Waals surface area (Å²) in [6.45, 7) is 4.91. The van der Waals surface area contributed by atoms with Crippen LogP contribution in [0.3, 0.4) is 0 Å². The van der Waals surface area contributed by atoms with Gasteiger partial charge in [0.15, 0.2) is 0 Å². The first-order valence-electron chi connectivity index (χ1n) is 36.8. The number of esters is 1. The first kappa shape index (κ1) is 79.1. The van der Waals surface area contributed by atoms with Gasteiger partial charge in [0, 0.05) is 12.8 Å². The number of allylic oxidation sites excluding steroid dienone is 5. The summed E-state index contributed by atoms with van der Waals surface area (Å²) in [5.74, 6) is -0.0480. The molecule has 0 aliphatic carbocycles. The van der Waals surface area contributed by atoms with Crippen molar-refractivity contribution < 1.29 is 24.5 Å². The molecule has 81 heavy (non-hydrogen) atoms. The summed E-state index contributed by atoms with van der Waals surface area (Å²) in [5, 5.41) is 23.2. The fourth-order valence-corrected chi connectivity index (χ4v) is 11.6. The lowest BCUT2D eigenvalue weighted by molar-refractivity contribution is -0.143. The van der Waals surface area contributed by atoms with Crippen LogP contribution in [-0.2, 0) is 14.3 Å². The van der Waals surface area contributed by atoms with Gasteiger partial charge in [0.1, 0.15) is 0 Å². The van der Waals surface area contributed by atoms with Crippen LogP contribution in [0.25, 0.3) is 0 Å². The standard InChI is InChI=1S/C75H143NO5/c1-3-5-7-9-11-13-15-17-19-36-41-45-49-53-57-61-65-69-75(80)81-70-66-62-58-54-50-46-42-38-35-33-31-29-27-25-23-21-22-24-26-28-30-32-34-37-40-44-48-52-56-60-64-68-74(79)76-72(71-77)73(78)67-63-59-55-51-47-43-39-20-18-16-14-12-10-8-6-4-2/h11,13,17,19,63,67,72-73,77-78H,3-10,12,14-16,18,20-62,64-66,68-71H2,1-2H3,(H,76,79)/b13-11-,19-17-,67-63+. The molecule has 0 aromatic carbocycles. The molecule has 1 amide bonds. The van der Waals surface area contributed by atoms with Crippen molar-refractivity contribution in [3.05, 3.63) is 36.5 Å². The second-order valence-electron chi connectivity index (χ2n) is 25.3. The summed E-state index contributed by atoms with van der Waals surface area (Å²) >= 11 is 0. The smallest absolute Gasteiger partial charge is 0.305 e. The summed E-state index contributed by atoms with van der Waals surface area (Å²) in [6, 6.07) is -0.625. The lowest BCUT2D eigenvalue weighted by atomic mass is 10.0. The van der Waals surface area contributed by atoms with Crippen LogP contribution in [0.15, 0.2) is 36.5 Å². The van der Waals surface area contributed by atoms with Crippen LogP contribution in [0.2, 0.25) is 0 Å². The number of aliphatic hydroxyl groups is 2. The van der Waals surface area contributed by atoms with Crippen molar-refractivity contribution in [1.29, 1.82) is 0 Å². The number of hydrogen-bond donors (Lipinski definition) is 3. The second kappa shape index (κ2) is 70.6. The third-order valence-corrected chi connectivity index (χ3v) is 17.2. The van der Waals surface area contributed by atoms with Crippen molar-refractivity contribution >= 4 is 11.9 Å². The quantitative estimate of drug-likeness (QED) is 0.0320. The van der Waals surface area contributed by atoms with Crippen molar-refractivity contribution in [3.8, 4) is 0 Å². The van der Waals surface area contributed by atoms with E-state index in [0.29, 0.717) is 19.4 Å². The molecule has 0 rings (SSSR count). The van der Waals surface area contributed by atoms with Crippen LogP contribution in [0.1, 0.15) is 406 Å². The highest BCUT2D eigenvalue weighted by molar-refractivity contribution is 5.76. The van der Waals surface area contributed by atoms with Gasteiger partial charge in [-0.25, -0.2) is 0 Å². The van der Waals surface area contributed by atoms with E-state index in [1.54, 1.807) is 6.08 Å². The number of carbonyl (C=O) groups excluding carboxylic acids is 2. The molecule has 6 heteroatoms. The van der Waals surface area contributed by atoms with E-state index in [9.17, 15) is 19.8 Å². The highest BCUT2D eigenvalue weighted by Crippen LogP contribution is 2.19. The van der Waals surface area contributed by atoms with Gasteiger partial charge < -0.3 is 20.3 Å². The molecule has 478 valence electrons. The Labute approximate surface area is 506 Å². The minimum absolute atomic E-state index is 0.0131. The third kappa shape index (κ3) is 67.1. The molecule has 0 aliphatic rings. The molecule has 2 unspecified atom stereocenters. The van der Waals surface area contributed by atoms with Crippen molar-refractivity contribution in [2.24, 2.45) is 0 Å². The second-order valence-corrected chi connectivity index (χ2v) is 25.3. The predicted octanol–water partition coefficient (Wildman–Crippen LogP) is 23.9. The van der Waals surface area contributed by atoms with Gasteiger partial charge in [-0.05, 0) is 64.2 Å². The molecule has 0 aromatic rings. The topological polar surface area (TPSA) is 95.9 Å². The zero-order chi connectivity index (χ0) is 58.5. The molecule has 0 spiro atoms. The Morgan fingerprint density at radius 1 is 0.346 bits per heavy atom. The average molecular weight is 1140 g/mol. The summed E-state index contributed by atoms with van der Waals surface area (Å²) in [6.07, 6.45) is 91.0. The van der Waals surface area contributed by atoms with Crippen molar-refractivity contribution in [2.75, 3.05) is 13.2 Å². The van der Waals surface area contributed by atoms with Crippen LogP contribution in [0.5, 0.6) is 0 Å². The summed E-state index contributed by atoms with van der Waals surface area (Å²) in [5.41, 5.74) is 0. The van der Waals surface area contributed by atoms with Gasteiger partial charge in [-0.3, -0.25) is 9.59 Å². The van der Waals surface area contributed by atoms with Gasteiger partial charge in [-0.1, -0.05) is 365 Å². The van der Waals surface area contributed by atoms with Gasteiger partial charge in [-0.2, -0.15) is 0 Å². The van der Waals surface area contributed by atoms with Gasteiger partial charge in [0.05, 0.1) is 25.4 Å². The van der Waals surface area contributed by atoms with Gasteiger partial charge in [0.25, 0.3) is 0 Å². The molecule has 3 N–H and O–H groups in total. The number of aliphatic hydroxyl groups excluding tert-OH is 2. The zero-order valence-electron chi connectivity index (χ0n) is 54.8. The van der Waals surface area contributed by atoms with Crippen LogP contribution < -0.4 is 5.32 Å². The van der Waals surface area contributed by atoms with Crippen molar-refractivity contribution in [3.63, 3.8) is 0 Å². The Bertz CT molecular complexity index is 1310. The minimum Gasteiger partial charge on any atom is -0.466 e. The molecule has 0 aliphatic heterocycles. The predicted molar refractivity (Wildman–Crippen MR) is 356 cm³/mol. The molecule has 0 saturated heterocycles. The Kier molecular flexibility index (Phi) is 68.9. The number of amides is 1. The van der Waals surface area contributed by atoms with E-state index >= 15 is 0 Å². The molecule has 0 saturated carbocycles. The van der Waals surface area contributed by atoms with Crippen LogP contribution in [0.4, 0.5) is 0 Å². The molecule has 0 aromatic heterocycles. The van der Waals surface area contributed by atoms with E-state index in [1.165, 1.54) is 327 Å². The Balaban J connectivity index is 3.34. The zero-order valence-corrected chi connectivity index (χ0v) is 54.8. The fraction of sp³-hybridized carbons (Fsp3) is 0.893. The number of ether oxygens (including phenoxy) is 1. The Hall–Kier alpha value is -1.92. The first-order valence-corrected chi connectivity index (χ1v) is 36.8. The fourth-order valence-electron chi connectivity index (χ4n) is 11.6. The lowest BCUT2D eigenvalue weighted by Crippen LogP contribution is -2.45. The first-order chi connectivity index (χ1) is 40.0. The molecule has 0 radical (unpaired) electrons. The molecule has 6 nitrogen and oxygen atoms in total. The third-order valence-electron chi connectivity index (χ3n) is 17.2. The molecule has 0 fully saturated rings. The van der Waals surface area contributed by atoms with E-state index in [4.69, 9.17) is 4.74 Å². The molecule has 0 bridgehead atoms. The molecule has 2 atom stereocenters.